The molecule has 31 heavy (non-hydrogen) atoms. The van der Waals surface area contributed by atoms with Crippen molar-refractivity contribution < 1.29 is 4.79 Å². The summed E-state index contributed by atoms with van der Waals surface area (Å²) in [5.74, 6) is 1.30. The first-order valence-electron chi connectivity index (χ1n) is 9.73. The monoisotopic (exact) mass is 468 g/mol. The molecule has 4 rings (SSSR count). The third-order valence-corrected chi connectivity index (χ3v) is 6.96. The van der Waals surface area contributed by atoms with E-state index >= 15 is 0 Å². The molecule has 0 saturated carbocycles. The Morgan fingerprint density at radius 3 is 2.71 bits per heavy atom. The van der Waals surface area contributed by atoms with Crippen molar-refractivity contribution in [2.75, 3.05) is 0 Å². The maximum Gasteiger partial charge on any atom is 0.261 e. The van der Waals surface area contributed by atoms with E-state index in [1.807, 2.05) is 53.3 Å². The summed E-state index contributed by atoms with van der Waals surface area (Å²) in [5.41, 5.74) is 4.44. The number of amides is 1. The zero-order chi connectivity index (χ0) is 21.8. The van der Waals surface area contributed by atoms with Gasteiger partial charge < -0.3 is 5.32 Å². The van der Waals surface area contributed by atoms with Gasteiger partial charge in [-0.15, -0.1) is 21.5 Å². The number of nitrogens with zero attached hydrogens (tertiary/aromatic N) is 3. The Labute approximate surface area is 194 Å². The normalized spacial score (nSPS) is 10.9. The third kappa shape index (κ3) is 5.01. The minimum absolute atomic E-state index is 0.124. The van der Waals surface area contributed by atoms with Gasteiger partial charge in [-0.3, -0.25) is 9.36 Å². The van der Waals surface area contributed by atoms with Gasteiger partial charge in [-0.1, -0.05) is 59.8 Å². The summed E-state index contributed by atoms with van der Waals surface area (Å²) < 4.78 is 1.98. The summed E-state index contributed by atoms with van der Waals surface area (Å²) >= 11 is 9.32. The van der Waals surface area contributed by atoms with E-state index in [9.17, 15) is 4.79 Å². The molecule has 0 radical (unpaired) electrons. The molecule has 0 unspecified atom stereocenters. The zero-order valence-corrected chi connectivity index (χ0v) is 19.5. The van der Waals surface area contributed by atoms with Gasteiger partial charge in [-0.2, -0.15) is 0 Å². The van der Waals surface area contributed by atoms with Crippen molar-refractivity contribution in [3.8, 4) is 5.69 Å². The van der Waals surface area contributed by atoms with Crippen molar-refractivity contribution in [3.05, 3.63) is 92.4 Å². The van der Waals surface area contributed by atoms with Gasteiger partial charge in [0.25, 0.3) is 5.91 Å². The number of thioether (sulfide) groups is 1. The molecule has 0 fully saturated rings. The van der Waals surface area contributed by atoms with Crippen molar-refractivity contribution in [1.82, 2.24) is 20.1 Å². The third-order valence-electron chi connectivity index (χ3n) is 4.88. The van der Waals surface area contributed by atoms with Crippen LogP contribution in [0.2, 0.25) is 5.02 Å². The van der Waals surface area contributed by atoms with Crippen LogP contribution in [0.25, 0.3) is 5.69 Å². The number of aromatic nitrogens is 3. The van der Waals surface area contributed by atoms with Crippen LogP contribution in [0, 0.1) is 13.8 Å². The summed E-state index contributed by atoms with van der Waals surface area (Å²) in [4.78, 5) is 13.1. The van der Waals surface area contributed by atoms with Gasteiger partial charge in [-0.05, 0) is 54.1 Å². The van der Waals surface area contributed by atoms with Crippen LogP contribution in [0.5, 0.6) is 0 Å². The number of nitrogens with one attached hydrogen (secondary N) is 1. The van der Waals surface area contributed by atoms with Gasteiger partial charge in [-0.25, -0.2) is 0 Å². The SMILES string of the molecule is Cc1ccccc1CSc1nnc(CNC(=O)c2cccs2)n1-c1cc(Cl)ccc1C. The first-order chi connectivity index (χ1) is 15.0. The molecular weight excluding hydrogens is 448 g/mol. The minimum Gasteiger partial charge on any atom is -0.344 e. The summed E-state index contributed by atoms with van der Waals surface area (Å²) in [6.07, 6.45) is 0. The highest BCUT2D eigenvalue weighted by Crippen LogP contribution is 2.29. The first kappa shape index (κ1) is 21.6. The summed E-state index contributed by atoms with van der Waals surface area (Å²) in [5, 5.41) is 15.0. The Bertz CT molecular complexity index is 1200. The van der Waals surface area contributed by atoms with Gasteiger partial charge in [0, 0.05) is 10.8 Å². The molecule has 0 saturated heterocycles. The molecule has 5 nitrogen and oxygen atoms in total. The number of benzene rings is 2. The molecule has 2 heterocycles. The predicted molar refractivity (Wildman–Crippen MR) is 127 cm³/mol. The Kier molecular flexibility index (Phi) is 6.75. The maximum absolute atomic E-state index is 12.4. The number of hydrogen-bond donors (Lipinski definition) is 1. The average Bonchev–Trinajstić information content (AvgIpc) is 3.43. The van der Waals surface area contributed by atoms with Gasteiger partial charge in [0.15, 0.2) is 11.0 Å². The van der Waals surface area contributed by atoms with Crippen molar-refractivity contribution in [2.24, 2.45) is 0 Å². The number of carbonyl (C=O) groups excluding carboxylic acids is 1. The lowest BCUT2D eigenvalue weighted by molar-refractivity contribution is 0.0953. The fourth-order valence-corrected chi connectivity index (χ4v) is 4.99. The summed E-state index contributed by atoms with van der Waals surface area (Å²) in [6, 6.07) is 17.7. The molecule has 0 aliphatic heterocycles. The molecule has 8 heteroatoms. The van der Waals surface area contributed by atoms with Crippen LogP contribution >= 0.6 is 34.7 Å². The molecular formula is C23H21ClN4OS2. The van der Waals surface area contributed by atoms with E-state index in [0.29, 0.717) is 15.7 Å². The lowest BCUT2D eigenvalue weighted by Crippen LogP contribution is -2.24. The predicted octanol–water partition coefficient (Wildman–Crippen LogP) is 5.82. The van der Waals surface area contributed by atoms with Crippen LogP contribution in [-0.2, 0) is 12.3 Å². The molecule has 1 amide bonds. The van der Waals surface area contributed by atoms with Crippen LogP contribution in [-0.4, -0.2) is 20.7 Å². The van der Waals surface area contributed by atoms with Crippen LogP contribution in [0.4, 0.5) is 0 Å². The van der Waals surface area contributed by atoms with Crippen molar-refractivity contribution in [2.45, 2.75) is 31.3 Å². The number of hydrogen-bond acceptors (Lipinski definition) is 5. The second-order valence-corrected chi connectivity index (χ2v) is 9.37. The van der Waals surface area contributed by atoms with Gasteiger partial charge in [0.05, 0.1) is 17.1 Å². The van der Waals surface area contributed by atoms with E-state index in [0.717, 1.165) is 22.2 Å². The van der Waals surface area contributed by atoms with E-state index in [2.05, 4.69) is 34.6 Å². The summed E-state index contributed by atoms with van der Waals surface area (Å²) in [6.45, 7) is 4.39. The van der Waals surface area contributed by atoms with Crippen LogP contribution in [0.3, 0.4) is 0 Å². The molecule has 2 aromatic carbocycles. The van der Waals surface area contributed by atoms with Gasteiger partial charge in [0.2, 0.25) is 0 Å². The highest BCUT2D eigenvalue weighted by Gasteiger charge is 2.18. The fraction of sp³-hybridized carbons (Fsp3) is 0.174. The number of halogens is 1. The molecule has 0 atom stereocenters. The Morgan fingerprint density at radius 1 is 1.10 bits per heavy atom. The highest BCUT2D eigenvalue weighted by atomic mass is 35.5. The highest BCUT2D eigenvalue weighted by molar-refractivity contribution is 7.98. The number of carbonyl (C=O) groups is 1. The van der Waals surface area contributed by atoms with E-state index in [-0.39, 0.29) is 12.5 Å². The Hall–Kier alpha value is -2.61. The molecule has 0 aliphatic carbocycles. The molecule has 1 N–H and O–H groups in total. The van der Waals surface area contributed by atoms with Gasteiger partial charge in [0.1, 0.15) is 0 Å². The lowest BCUT2D eigenvalue weighted by Gasteiger charge is -2.14. The standard InChI is InChI=1S/C23H21ClN4OS2/c1-15-6-3-4-7-17(15)14-31-23-27-26-21(13-25-22(29)20-8-5-11-30-20)28(23)19-12-18(24)10-9-16(19)2/h3-12H,13-14H2,1-2H3,(H,25,29). The van der Waals surface area contributed by atoms with Crippen LogP contribution in [0.15, 0.2) is 65.1 Å². The molecule has 4 aromatic rings. The molecule has 0 bridgehead atoms. The molecule has 0 aliphatic rings. The minimum atomic E-state index is -0.124. The lowest BCUT2D eigenvalue weighted by atomic mass is 10.1. The van der Waals surface area contributed by atoms with Gasteiger partial charge >= 0.3 is 0 Å². The Morgan fingerprint density at radius 2 is 1.94 bits per heavy atom. The van der Waals surface area contributed by atoms with Crippen LogP contribution < -0.4 is 5.32 Å². The smallest absolute Gasteiger partial charge is 0.261 e. The van der Waals surface area contributed by atoms with Crippen molar-refractivity contribution >= 4 is 40.6 Å². The largest absolute Gasteiger partial charge is 0.344 e. The average molecular weight is 469 g/mol. The maximum atomic E-state index is 12.4. The number of rotatable bonds is 7. The Balaban J connectivity index is 1.64. The van der Waals surface area contributed by atoms with E-state index in [1.165, 1.54) is 22.5 Å². The fourth-order valence-electron chi connectivity index (χ4n) is 3.14. The number of aryl methyl sites for hydroxylation is 2. The topological polar surface area (TPSA) is 59.8 Å². The second kappa shape index (κ2) is 9.68. The van der Waals surface area contributed by atoms with Crippen LogP contribution in [0.1, 0.15) is 32.2 Å². The zero-order valence-electron chi connectivity index (χ0n) is 17.1. The quantitative estimate of drug-likeness (QED) is 0.347. The first-order valence-corrected chi connectivity index (χ1v) is 12.0. The van der Waals surface area contributed by atoms with E-state index in [4.69, 9.17) is 11.6 Å². The van der Waals surface area contributed by atoms with E-state index < -0.39 is 0 Å². The summed E-state index contributed by atoms with van der Waals surface area (Å²) in [7, 11) is 0. The molecule has 0 spiro atoms. The van der Waals surface area contributed by atoms with Crippen molar-refractivity contribution in [1.29, 1.82) is 0 Å². The van der Waals surface area contributed by atoms with Crippen molar-refractivity contribution in [3.63, 3.8) is 0 Å². The van der Waals surface area contributed by atoms with E-state index in [1.54, 1.807) is 17.8 Å². The second-order valence-electron chi connectivity index (χ2n) is 7.04. The number of thiophene rings is 1. The molecule has 158 valence electrons. The molecule has 2 aromatic heterocycles.